The number of pyridine rings is 1. The highest BCUT2D eigenvalue weighted by Crippen LogP contribution is 2.26. The summed E-state index contributed by atoms with van der Waals surface area (Å²) < 4.78 is 7.00. The molecule has 3 aromatic rings. The number of aryl methyl sites for hydroxylation is 1. The van der Waals surface area contributed by atoms with Crippen molar-refractivity contribution in [3.8, 4) is 5.75 Å². The quantitative estimate of drug-likeness (QED) is 0.659. The molecule has 0 bridgehead atoms. The minimum Gasteiger partial charge on any atom is -0.497 e. The van der Waals surface area contributed by atoms with Crippen LogP contribution in [0.15, 0.2) is 42.6 Å². The molecule has 1 aromatic carbocycles. The Bertz CT molecular complexity index is 1200. The fraction of sp³-hybridized carbons (Fsp3) is 0.304. The summed E-state index contributed by atoms with van der Waals surface area (Å²) in [5.74, 6) is 0.565. The molecule has 9 heteroatoms. The molecule has 0 aliphatic carbocycles. The SMILES string of the molecule is CCc1nc2ccc(C(=O)N3CCNC(=O)C3)cn2c1N(C)C(=O)c1cccc(OC)c1. The van der Waals surface area contributed by atoms with Gasteiger partial charge in [-0.1, -0.05) is 13.0 Å². The normalized spacial score (nSPS) is 13.7. The van der Waals surface area contributed by atoms with Crippen LogP contribution in [0.3, 0.4) is 0 Å². The Balaban J connectivity index is 1.72. The third-order valence-corrected chi connectivity index (χ3v) is 5.51. The van der Waals surface area contributed by atoms with Crippen LogP contribution in [0.4, 0.5) is 5.82 Å². The molecular weight excluding hydrogens is 410 g/mol. The number of imidazole rings is 1. The molecule has 4 rings (SSSR count). The van der Waals surface area contributed by atoms with Gasteiger partial charge >= 0.3 is 0 Å². The molecule has 3 amide bonds. The molecule has 0 saturated carbocycles. The first-order valence-corrected chi connectivity index (χ1v) is 10.4. The van der Waals surface area contributed by atoms with E-state index in [0.29, 0.717) is 47.9 Å². The number of nitrogens with one attached hydrogen (secondary N) is 1. The van der Waals surface area contributed by atoms with Gasteiger partial charge in [-0.2, -0.15) is 0 Å². The molecule has 3 heterocycles. The number of piperazine rings is 1. The van der Waals surface area contributed by atoms with Gasteiger partial charge in [-0.05, 0) is 36.8 Å². The van der Waals surface area contributed by atoms with Crippen LogP contribution in [0.2, 0.25) is 0 Å². The van der Waals surface area contributed by atoms with Gasteiger partial charge < -0.3 is 15.0 Å². The van der Waals surface area contributed by atoms with E-state index < -0.39 is 0 Å². The van der Waals surface area contributed by atoms with E-state index in [4.69, 9.17) is 4.74 Å². The molecule has 166 valence electrons. The lowest BCUT2D eigenvalue weighted by Crippen LogP contribution is -2.50. The average molecular weight is 435 g/mol. The molecule has 1 N–H and O–H groups in total. The number of hydrogen-bond donors (Lipinski definition) is 1. The van der Waals surface area contributed by atoms with Crippen molar-refractivity contribution >= 4 is 29.2 Å². The van der Waals surface area contributed by atoms with Crippen molar-refractivity contribution in [1.82, 2.24) is 19.6 Å². The van der Waals surface area contributed by atoms with Crippen molar-refractivity contribution in [3.05, 3.63) is 59.4 Å². The smallest absolute Gasteiger partial charge is 0.259 e. The van der Waals surface area contributed by atoms with E-state index in [1.54, 1.807) is 61.2 Å². The zero-order valence-electron chi connectivity index (χ0n) is 18.3. The Morgan fingerprint density at radius 2 is 2.03 bits per heavy atom. The van der Waals surface area contributed by atoms with Crippen molar-refractivity contribution < 1.29 is 19.1 Å². The summed E-state index contributed by atoms with van der Waals surface area (Å²) in [5.41, 5.74) is 2.28. The van der Waals surface area contributed by atoms with E-state index >= 15 is 0 Å². The van der Waals surface area contributed by atoms with Crippen LogP contribution in [-0.2, 0) is 11.2 Å². The zero-order chi connectivity index (χ0) is 22.8. The van der Waals surface area contributed by atoms with Gasteiger partial charge in [-0.3, -0.25) is 23.7 Å². The largest absolute Gasteiger partial charge is 0.497 e. The summed E-state index contributed by atoms with van der Waals surface area (Å²) in [6.45, 7) is 2.88. The lowest BCUT2D eigenvalue weighted by atomic mass is 10.2. The summed E-state index contributed by atoms with van der Waals surface area (Å²) in [4.78, 5) is 45.6. The Morgan fingerprint density at radius 1 is 1.22 bits per heavy atom. The third kappa shape index (κ3) is 3.89. The molecule has 1 aliphatic rings. The molecule has 1 fully saturated rings. The zero-order valence-corrected chi connectivity index (χ0v) is 18.3. The monoisotopic (exact) mass is 435 g/mol. The molecular formula is C23H25N5O4. The van der Waals surface area contributed by atoms with E-state index in [2.05, 4.69) is 10.3 Å². The first-order chi connectivity index (χ1) is 15.4. The highest BCUT2D eigenvalue weighted by Gasteiger charge is 2.25. The minimum absolute atomic E-state index is 0.0299. The summed E-state index contributed by atoms with van der Waals surface area (Å²) in [6, 6.07) is 10.4. The van der Waals surface area contributed by atoms with Crippen LogP contribution in [0.5, 0.6) is 5.75 Å². The van der Waals surface area contributed by atoms with Crippen LogP contribution in [0.1, 0.15) is 33.3 Å². The molecule has 0 spiro atoms. The second kappa shape index (κ2) is 8.70. The highest BCUT2D eigenvalue weighted by molar-refractivity contribution is 6.06. The number of rotatable bonds is 5. The number of methoxy groups -OCH3 is 1. The number of amides is 3. The number of carbonyl (C=O) groups excluding carboxylic acids is 3. The van der Waals surface area contributed by atoms with Gasteiger partial charge in [0, 0.05) is 31.9 Å². The number of aromatic nitrogens is 2. The third-order valence-electron chi connectivity index (χ3n) is 5.51. The maximum atomic E-state index is 13.2. The van der Waals surface area contributed by atoms with Gasteiger partial charge in [0.05, 0.1) is 24.9 Å². The van der Waals surface area contributed by atoms with Crippen LogP contribution < -0.4 is 15.0 Å². The second-order valence-electron chi connectivity index (χ2n) is 7.55. The van der Waals surface area contributed by atoms with E-state index in [1.165, 1.54) is 9.80 Å². The van der Waals surface area contributed by atoms with Gasteiger partial charge in [-0.15, -0.1) is 0 Å². The van der Waals surface area contributed by atoms with E-state index in [9.17, 15) is 14.4 Å². The Labute approximate surface area is 185 Å². The molecule has 1 saturated heterocycles. The maximum absolute atomic E-state index is 13.2. The summed E-state index contributed by atoms with van der Waals surface area (Å²) in [6.07, 6.45) is 2.29. The van der Waals surface area contributed by atoms with Crippen molar-refractivity contribution in [3.63, 3.8) is 0 Å². The number of fused-ring (bicyclic) bond motifs is 1. The fourth-order valence-corrected chi connectivity index (χ4v) is 3.84. The molecule has 9 nitrogen and oxygen atoms in total. The number of ether oxygens (including phenoxy) is 1. The maximum Gasteiger partial charge on any atom is 0.259 e. The predicted molar refractivity (Wildman–Crippen MR) is 119 cm³/mol. The van der Waals surface area contributed by atoms with Crippen LogP contribution >= 0.6 is 0 Å². The lowest BCUT2D eigenvalue weighted by molar-refractivity contribution is -0.123. The number of nitrogens with zero attached hydrogens (tertiary/aromatic N) is 4. The summed E-state index contributed by atoms with van der Waals surface area (Å²) in [5, 5.41) is 2.72. The Kier molecular flexibility index (Phi) is 5.81. The first kappa shape index (κ1) is 21.4. The molecule has 0 atom stereocenters. The van der Waals surface area contributed by atoms with E-state index in [-0.39, 0.29) is 24.3 Å². The lowest BCUT2D eigenvalue weighted by Gasteiger charge is -2.26. The number of anilines is 1. The van der Waals surface area contributed by atoms with E-state index in [0.717, 1.165) is 5.69 Å². The fourth-order valence-electron chi connectivity index (χ4n) is 3.84. The van der Waals surface area contributed by atoms with Crippen LogP contribution in [0.25, 0.3) is 5.65 Å². The molecule has 0 radical (unpaired) electrons. The van der Waals surface area contributed by atoms with Crippen molar-refractivity contribution in [2.45, 2.75) is 13.3 Å². The minimum atomic E-state index is -0.235. The first-order valence-electron chi connectivity index (χ1n) is 10.4. The average Bonchev–Trinajstić information content (AvgIpc) is 3.20. The number of benzene rings is 1. The molecule has 32 heavy (non-hydrogen) atoms. The topological polar surface area (TPSA) is 96.3 Å². The van der Waals surface area contributed by atoms with Crippen molar-refractivity contribution in [1.29, 1.82) is 0 Å². The van der Waals surface area contributed by atoms with Crippen LogP contribution in [-0.4, -0.2) is 65.8 Å². The van der Waals surface area contributed by atoms with Crippen molar-refractivity contribution in [2.75, 3.05) is 38.7 Å². The van der Waals surface area contributed by atoms with Gasteiger partial charge in [0.15, 0.2) is 0 Å². The Morgan fingerprint density at radius 3 is 2.75 bits per heavy atom. The van der Waals surface area contributed by atoms with E-state index in [1.807, 2.05) is 6.92 Å². The van der Waals surface area contributed by atoms with Gasteiger partial charge in [0.1, 0.15) is 17.2 Å². The summed E-state index contributed by atoms with van der Waals surface area (Å²) in [7, 11) is 3.24. The number of carbonyl (C=O) groups is 3. The Hall–Kier alpha value is -3.88. The second-order valence-corrected chi connectivity index (χ2v) is 7.55. The molecule has 2 aromatic heterocycles. The standard InChI is InChI=1S/C23H25N5O4/c1-4-18-21(26(2)22(30)15-6-5-7-17(12-15)32-3)28-13-16(8-9-19(28)25-18)23(31)27-11-10-24-20(29)14-27/h5-9,12-13H,4,10-11,14H2,1-3H3,(H,24,29). The predicted octanol–water partition coefficient (Wildman–Crippen LogP) is 1.75. The molecule has 0 unspecified atom stereocenters. The van der Waals surface area contributed by atoms with Crippen molar-refractivity contribution in [2.24, 2.45) is 0 Å². The van der Waals surface area contributed by atoms with Gasteiger partial charge in [-0.25, -0.2) is 4.98 Å². The molecule has 1 aliphatic heterocycles. The summed E-state index contributed by atoms with van der Waals surface area (Å²) >= 11 is 0. The van der Waals surface area contributed by atoms with Gasteiger partial charge in [0.25, 0.3) is 11.8 Å². The number of hydrogen-bond acceptors (Lipinski definition) is 5. The highest BCUT2D eigenvalue weighted by atomic mass is 16.5. The van der Waals surface area contributed by atoms with Crippen LogP contribution in [0, 0.1) is 0 Å². The van der Waals surface area contributed by atoms with Gasteiger partial charge in [0.2, 0.25) is 5.91 Å².